The van der Waals surface area contributed by atoms with E-state index in [1.807, 2.05) is 34.0 Å². The van der Waals surface area contributed by atoms with Crippen LogP contribution >= 0.6 is 11.3 Å². The normalized spacial score (nSPS) is 14.9. The van der Waals surface area contributed by atoms with E-state index in [9.17, 15) is 4.79 Å². The molecule has 0 unspecified atom stereocenters. The monoisotopic (exact) mass is 395 g/mol. The number of hydrogen-bond acceptors (Lipinski definition) is 4. The van der Waals surface area contributed by atoms with E-state index in [2.05, 4.69) is 45.0 Å². The molecule has 0 atom stereocenters. The zero-order valence-electron chi connectivity index (χ0n) is 15.8. The van der Waals surface area contributed by atoms with Crippen molar-refractivity contribution in [3.05, 3.63) is 76.2 Å². The van der Waals surface area contributed by atoms with Crippen LogP contribution in [0.1, 0.15) is 16.0 Å². The van der Waals surface area contributed by atoms with E-state index < -0.39 is 0 Å². The van der Waals surface area contributed by atoms with Crippen LogP contribution in [0.15, 0.2) is 60.2 Å². The number of aromatic nitrogens is 2. The maximum atomic E-state index is 12.6. The lowest BCUT2D eigenvalue weighted by atomic mass is 10.1. The van der Waals surface area contributed by atoms with Crippen LogP contribution in [0.25, 0.3) is 0 Å². The van der Waals surface area contributed by atoms with Gasteiger partial charge in [-0.3, -0.25) is 9.58 Å². The third-order valence-corrected chi connectivity index (χ3v) is 5.92. The van der Waals surface area contributed by atoms with Crippen LogP contribution in [0.2, 0.25) is 0 Å². The minimum atomic E-state index is 0.0182. The van der Waals surface area contributed by atoms with Gasteiger partial charge in [-0.1, -0.05) is 30.3 Å². The molecule has 0 bridgehead atoms. The smallest absolute Gasteiger partial charge is 0.317 e. The Hall–Kier alpha value is -2.64. The van der Waals surface area contributed by atoms with Crippen molar-refractivity contribution in [1.82, 2.24) is 24.9 Å². The zero-order chi connectivity index (χ0) is 19.2. The van der Waals surface area contributed by atoms with Crippen molar-refractivity contribution in [2.45, 2.75) is 19.6 Å². The quantitative estimate of drug-likeness (QED) is 0.698. The van der Waals surface area contributed by atoms with Gasteiger partial charge in [-0.2, -0.15) is 5.10 Å². The molecule has 1 aromatic carbocycles. The highest BCUT2D eigenvalue weighted by Gasteiger charge is 2.21. The molecule has 28 heavy (non-hydrogen) atoms. The van der Waals surface area contributed by atoms with Gasteiger partial charge in [-0.25, -0.2) is 4.79 Å². The van der Waals surface area contributed by atoms with Gasteiger partial charge in [0.05, 0.1) is 6.54 Å². The second kappa shape index (κ2) is 9.03. The molecule has 2 amide bonds. The van der Waals surface area contributed by atoms with Crippen LogP contribution < -0.4 is 5.32 Å². The molecule has 2 aromatic heterocycles. The Morgan fingerprint density at radius 3 is 2.54 bits per heavy atom. The van der Waals surface area contributed by atoms with Gasteiger partial charge in [0.1, 0.15) is 0 Å². The summed E-state index contributed by atoms with van der Waals surface area (Å²) in [4.78, 5) is 18.3. The highest BCUT2D eigenvalue weighted by Crippen LogP contribution is 2.14. The van der Waals surface area contributed by atoms with Crippen LogP contribution in [0.3, 0.4) is 0 Å². The first-order valence-corrected chi connectivity index (χ1v) is 10.5. The highest BCUT2D eigenvalue weighted by molar-refractivity contribution is 7.09. The topological polar surface area (TPSA) is 53.4 Å². The minimum Gasteiger partial charge on any atom is -0.334 e. The van der Waals surface area contributed by atoms with Crippen LogP contribution in [-0.4, -0.2) is 51.8 Å². The Kier molecular flexibility index (Phi) is 6.04. The molecule has 1 fully saturated rings. The summed E-state index contributed by atoms with van der Waals surface area (Å²) in [6.07, 6.45) is 3.73. The molecule has 3 heterocycles. The number of urea groups is 1. The molecule has 1 aliphatic heterocycles. The summed E-state index contributed by atoms with van der Waals surface area (Å²) in [5.74, 6) is 0. The molecule has 1 N–H and O–H groups in total. The van der Waals surface area contributed by atoms with E-state index >= 15 is 0 Å². The van der Waals surface area contributed by atoms with Crippen molar-refractivity contribution in [1.29, 1.82) is 0 Å². The van der Waals surface area contributed by atoms with Crippen LogP contribution in [-0.2, 0) is 19.6 Å². The standard InChI is InChI=1S/C21H25N5OS/c27-21(25-12-10-24(11-13-25)17-20-7-3-14-28-20)22-15-18-5-1-2-6-19(18)16-26-9-4-8-23-26/h1-9,14H,10-13,15-17H2,(H,22,27). The molecule has 0 aliphatic carbocycles. The third-order valence-electron chi connectivity index (χ3n) is 5.06. The van der Waals surface area contributed by atoms with Gasteiger partial charge >= 0.3 is 6.03 Å². The molecule has 6 nitrogen and oxygen atoms in total. The first-order valence-electron chi connectivity index (χ1n) is 9.59. The fourth-order valence-corrected chi connectivity index (χ4v) is 4.21. The Bertz CT molecular complexity index is 870. The van der Waals surface area contributed by atoms with E-state index in [0.29, 0.717) is 13.1 Å². The van der Waals surface area contributed by atoms with Gasteiger partial charge in [0.2, 0.25) is 0 Å². The summed E-state index contributed by atoms with van der Waals surface area (Å²) < 4.78 is 1.90. The van der Waals surface area contributed by atoms with Gasteiger partial charge in [-0.05, 0) is 28.6 Å². The van der Waals surface area contributed by atoms with Crippen molar-refractivity contribution in [3.8, 4) is 0 Å². The fourth-order valence-electron chi connectivity index (χ4n) is 3.47. The van der Waals surface area contributed by atoms with Gasteiger partial charge in [0.15, 0.2) is 0 Å². The number of benzene rings is 1. The molecular weight excluding hydrogens is 370 g/mol. The number of thiophene rings is 1. The molecule has 146 valence electrons. The molecule has 0 spiro atoms. The van der Waals surface area contributed by atoms with E-state index in [1.165, 1.54) is 10.4 Å². The first kappa shape index (κ1) is 18.7. The summed E-state index contributed by atoms with van der Waals surface area (Å²) in [5.41, 5.74) is 2.30. The lowest BCUT2D eigenvalue weighted by Crippen LogP contribution is -2.51. The Balaban J connectivity index is 1.27. The molecule has 1 aliphatic rings. The maximum absolute atomic E-state index is 12.6. The summed E-state index contributed by atoms with van der Waals surface area (Å²) in [6, 6.07) is 14.4. The van der Waals surface area contributed by atoms with Crippen LogP contribution in [0.4, 0.5) is 4.79 Å². The number of nitrogens with zero attached hydrogens (tertiary/aromatic N) is 4. The molecule has 0 radical (unpaired) electrons. The summed E-state index contributed by atoms with van der Waals surface area (Å²) in [5, 5.41) is 9.48. The Morgan fingerprint density at radius 2 is 1.82 bits per heavy atom. The van der Waals surface area contributed by atoms with Gasteiger partial charge in [-0.15, -0.1) is 11.3 Å². The van der Waals surface area contributed by atoms with Crippen molar-refractivity contribution in [2.75, 3.05) is 26.2 Å². The largest absolute Gasteiger partial charge is 0.334 e. The minimum absolute atomic E-state index is 0.0182. The number of rotatable bonds is 6. The average molecular weight is 396 g/mol. The zero-order valence-corrected chi connectivity index (χ0v) is 16.6. The van der Waals surface area contributed by atoms with Crippen molar-refractivity contribution in [3.63, 3.8) is 0 Å². The summed E-state index contributed by atoms with van der Waals surface area (Å²) >= 11 is 1.79. The van der Waals surface area contributed by atoms with Gasteiger partial charge in [0.25, 0.3) is 0 Å². The number of amides is 2. The fraction of sp³-hybridized carbons (Fsp3) is 0.333. The van der Waals surface area contributed by atoms with E-state index in [4.69, 9.17) is 0 Å². The van der Waals surface area contributed by atoms with E-state index in [1.54, 1.807) is 17.5 Å². The Morgan fingerprint density at radius 1 is 1.00 bits per heavy atom. The average Bonchev–Trinajstić information content (AvgIpc) is 3.42. The number of nitrogens with one attached hydrogen (secondary N) is 1. The predicted molar refractivity (Wildman–Crippen MR) is 111 cm³/mol. The molecular formula is C21H25N5OS. The van der Waals surface area contributed by atoms with Crippen molar-refractivity contribution in [2.24, 2.45) is 0 Å². The van der Waals surface area contributed by atoms with Crippen molar-refractivity contribution >= 4 is 17.4 Å². The SMILES string of the molecule is O=C(NCc1ccccc1Cn1cccn1)N1CCN(Cc2cccs2)CC1. The molecule has 7 heteroatoms. The van der Waals surface area contributed by atoms with E-state index in [-0.39, 0.29) is 6.03 Å². The molecule has 4 rings (SSSR count). The lowest BCUT2D eigenvalue weighted by molar-refractivity contribution is 0.135. The highest BCUT2D eigenvalue weighted by atomic mass is 32.1. The first-order chi connectivity index (χ1) is 13.8. The number of hydrogen-bond donors (Lipinski definition) is 1. The predicted octanol–water partition coefficient (Wildman–Crippen LogP) is 3.02. The van der Waals surface area contributed by atoms with E-state index in [0.717, 1.165) is 38.3 Å². The second-order valence-corrected chi connectivity index (χ2v) is 8.01. The van der Waals surface area contributed by atoms with Crippen molar-refractivity contribution < 1.29 is 4.79 Å². The molecule has 3 aromatic rings. The number of carbonyl (C=O) groups is 1. The Labute approximate surface area is 169 Å². The lowest BCUT2D eigenvalue weighted by Gasteiger charge is -2.34. The maximum Gasteiger partial charge on any atom is 0.317 e. The molecule has 0 saturated carbocycles. The number of piperazine rings is 1. The second-order valence-electron chi connectivity index (χ2n) is 6.97. The molecule has 1 saturated heterocycles. The third kappa shape index (κ3) is 4.79. The van der Waals surface area contributed by atoms with Gasteiger partial charge < -0.3 is 10.2 Å². The number of carbonyl (C=O) groups excluding carboxylic acids is 1. The summed E-state index contributed by atoms with van der Waals surface area (Å²) in [7, 11) is 0. The van der Waals surface area contributed by atoms with Crippen LogP contribution in [0.5, 0.6) is 0 Å². The van der Waals surface area contributed by atoms with Crippen LogP contribution in [0, 0.1) is 0 Å². The van der Waals surface area contributed by atoms with Gasteiger partial charge in [0, 0.05) is 56.5 Å². The summed E-state index contributed by atoms with van der Waals surface area (Å²) in [6.45, 7) is 5.60.